The SMILES string of the molecule is CCc1cc2c(C(C)C)nn(CC(=O)NC3CC(O)C3)c(=O)c2s1. The largest absolute Gasteiger partial charge is 0.393 e. The molecule has 0 aliphatic heterocycles. The molecule has 0 atom stereocenters. The molecule has 24 heavy (non-hydrogen) atoms. The Morgan fingerprint density at radius 2 is 2.21 bits per heavy atom. The van der Waals surface area contributed by atoms with Gasteiger partial charge >= 0.3 is 0 Å². The van der Waals surface area contributed by atoms with Crippen molar-refractivity contribution in [1.82, 2.24) is 15.1 Å². The number of amides is 1. The molecule has 2 aromatic heterocycles. The molecule has 7 heteroatoms. The Kier molecular flexibility index (Phi) is 4.73. The van der Waals surface area contributed by atoms with E-state index in [0.29, 0.717) is 17.5 Å². The van der Waals surface area contributed by atoms with Gasteiger partial charge in [-0.2, -0.15) is 5.10 Å². The van der Waals surface area contributed by atoms with E-state index < -0.39 is 0 Å². The van der Waals surface area contributed by atoms with Crippen LogP contribution in [0.15, 0.2) is 10.9 Å². The normalized spacial score (nSPS) is 20.4. The maximum Gasteiger partial charge on any atom is 0.285 e. The van der Waals surface area contributed by atoms with Gasteiger partial charge in [0.15, 0.2) is 0 Å². The van der Waals surface area contributed by atoms with Crippen LogP contribution in [0.5, 0.6) is 0 Å². The summed E-state index contributed by atoms with van der Waals surface area (Å²) in [5.41, 5.74) is 0.648. The number of carbonyl (C=O) groups excluding carboxylic acids is 1. The van der Waals surface area contributed by atoms with E-state index in [1.165, 1.54) is 16.0 Å². The third-order valence-corrected chi connectivity index (χ3v) is 5.65. The van der Waals surface area contributed by atoms with E-state index in [4.69, 9.17) is 0 Å². The van der Waals surface area contributed by atoms with E-state index in [2.05, 4.69) is 17.3 Å². The molecule has 1 fully saturated rings. The van der Waals surface area contributed by atoms with Gasteiger partial charge in [0.05, 0.1) is 11.8 Å². The molecule has 1 aliphatic carbocycles. The molecular weight excluding hydrogens is 326 g/mol. The fourth-order valence-corrected chi connectivity index (χ4v) is 4.01. The second kappa shape index (κ2) is 6.64. The highest BCUT2D eigenvalue weighted by molar-refractivity contribution is 7.19. The van der Waals surface area contributed by atoms with Gasteiger partial charge < -0.3 is 10.4 Å². The van der Waals surface area contributed by atoms with Crippen LogP contribution in [0.4, 0.5) is 0 Å². The average molecular weight is 349 g/mol. The predicted molar refractivity (Wildman–Crippen MR) is 94.5 cm³/mol. The molecule has 0 bridgehead atoms. The lowest BCUT2D eigenvalue weighted by atomic mass is 9.89. The number of nitrogens with one attached hydrogen (secondary N) is 1. The maximum absolute atomic E-state index is 12.7. The van der Waals surface area contributed by atoms with Crippen LogP contribution < -0.4 is 10.9 Å². The minimum atomic E-state index is -0.321. The molecule has 130 valence electrons. The number of thiophene rings is 1. The van der Waals surface area contributed by atoms with Crippen LogP contribution in [-0.2, 0) is 17.8 Å². The smallest absolute Gasteiger partial charge is 0.285 e. The minimum Gasteiger partial charge on any atom is -0.393 e. The quantitative estimate of drug-likeness (QED) is 0.862. The molecule has 1 aliphatic rings. The Labute approximate surface area is 144 Å². The first-order chi connectivity index (χ1) is 11.4. The number of aryl methyl sites for hydroxylation is 1. The summed E-state index contributed by atoms with van der Waals surface area (Å²) in [6, 6.07) is 2.05. The molecule has 0 spiro atoms. The molecule has 3 rings (SSSR count). The predicted octanol–water partition coefficient (Wildman–Crippen LogP) is 1.78. The van der Waals surface area contributed by atoms with Crippen LogP contribution in [0.1, 0.15) is 50.1 Å². The van der Waals surface area contributed by atoms with Crippen molar-refractivity contribution in [3.63, 3.8) is 0 Å². The zero-order valence-electron chi connectivity index (χ0n) is 14.2. The van der Waals surface area contributed by atoms with Gasteiger partial charge in [0, 0.05) is 16.3 Å². The van der Waals surface area contributed by atoms with Crippen molar-refractivity contribution in [2.45, 2.75) is 64.6 Å². The van der Waals surface area contributed by atoms with Crippen LogP contribution in [0.3, 0.4) is 0 Å². The topological polar surface area (TPSA) is 84.2 Å². The third kappa shape index (κ3) is 3.23. The number of fused-ring (bicyclic) bond motifs is 1. The van der Waals surface area contributed by atoms with Gasteiger partial charge in [0.1, 0.15) is 11.2 Å². The monoisotopic (exact) mass is 349 g/mol. The second-order valence-electron chi connectivity index (χ2n) is 6.70. The third-order valence-electron chi connectivity index (χ3n) is 4.38. The number of hydrogen-bond acceptors (Lipinski definition) is 5. The Hall–Kier alpha value is -1.73. The highest BCUT2D eigenvalue weighted by Gasteiger charge is 2.28. The standard InChI is InChI=1S/C17H23N3O3S/c1-4-12-7-13-15(9(2)3)19-20(17(23)16(13)24-12)8-14(22)18-10-5-11(21)6-10/h7,9-11,21H,4-6,8H2,1-3H3,(H,18,22). The number of aliphatic hydroxyl groups is 1. The molecule has 0 aromatic carbocycles. The van der Waals surface area contributed by atoms with Crippen LogP contribution in [0.2, 0.25) is 0 Å². The van der Waals surface area contributed by atoms with Gasteiger partial charge in [0.2, 0.25) is 5.91 Å². The number of rotatable bonds is 5. The highest BCUT2D eigenvalue weighted by Crippen LogP contribution is 2.28. The lowest BCUT2D eigenvalue weighted by molar-refractivity contribution is -0.123. The van der Waals surface area contributed by atoms with E-state index >= 15 is 0 Å². The van der Waals surface area contributed by atoms with Crippen molar-refractivity contribution in [3.05, 3.63) is 27.0 Å². The van der Waals surface area contributed by atoms with Crippen molar-refractivity contribution >= 4 is 27.3 Å². The summed E-state index contributed by atoms with van der Waals surface area (Å²) in [5, 5.41) is 17.5. The number of aliphatic hydroxyl groups excluding tert-OH is 1. The maximum atomic E-state index is 12.7. The molecule has 0 unspecified atom stereocenters. The van der Waals surface area contributed by atoms with E-state index in [-0.39, 0.29) is 36.1 Å². The zero-order chi connectivity index (χ0) is 17.4. The van der Waals surface area contributed by atoms with Gasteiger partial charge in [-0.05, 0) is 31.2 Å². The van der Waals surface area contributed by atoms with Gasteiger partial charge in [-0.1, -0.05) is 20.8 Å². The fourth-order valence-electron chi connectivity index (χ4n) is 2.96. The lowest BCUT2D eigenvalue weighted by Crippen LogP contribution is -2.48. The molecule has 2 N–H and O–H groups in total. The summed E-state index contributed by atoms with van der Waals surface area (Å²) in [5.74, 6) is -0.0636. The average Bonchev–Trinajstić information content (AvgIpc) is 2.92. The van der Waals surface area contributed by atoms with Crippen molar-refractivity contribution < 1.29 is 9.90 Å². The Bertz CT molecular complexity index is 818. The summed E-state index contributed by atoms with van der Waals surface area (Å²) in [6.45, 7) is 6.05. The summed E-state index contributed by atoms with van der Waals surface area (Å²) < 4.78 is 1.95. The second-order valence-corrected chi connectivity index (χ2v) is 7.84. The van der Waals surface area contributed by atoms with E-state index in [1.54, 1.807) is 0 Å². The van der Waals surface area contributed by atoms with Crippen molar-refractivity contribution in [1.29, 1.82) is 0 Å². The first-order valence-corrected chi connectivity index (χ1v) is 9.21. The lowest BCUT2D eigenvalue weighted by Gasteiger charge is -2.31. The van der Waals surface area contributed by atoms with Crippen LogP contribution in [-0.4, -0.2) is 32.9 Å². The van der Waals surface area contributed by atoms with E-state index in [9.17, 15) is 14.7 Å². The van der Waals surface area contributed by atoms with Crippen LogP contribution in [0.25, 0.3) is 10.1 Å². The molecular formula is C17H23N3O3S. The molecule has 2 aromatic rings. The molecule has 0 radical (unpaired) electrons. The summed E-state index contributed by atoms with van der Waals surface area (Å²) in [4.78, 5) is 26.0. The van der Waals surface area contributed by atoms with Gasteiger partial charge in [-0.15, -0.1) is 11.3 Å². The first-order valence-electron chi connectivity index (χ1n) is 8.39. The number of carbonyl (C=O) groups is 1. The number of nitrogens with zero attached hydrogens (tertiary/aromatic N) is 2. The number of aromatic nitrogens is 2. The first kappa shape index (κ1) is 17.1. The van der Waals surface area contributed by atoms with Crippen molar-refractivity contribution in [2.75, 3.05) is 0 Å². The molecule has 6 nitrogen and oxygen atoms in total. The van der Waals surface area contributed by atoms with Gasteiger partial charge in [-0.25, -0.2) is 4.68 Å². The van der Waals surface area contributed by atoms with Crippen molar-refractivity contribution in [3.8, 4) is 0 Å². The number of hydrogen-bond donors (Lipinski definition) is 2. The Morgan fingerprint density at radius 3 is 2.79 bits per heavy atom. The highest BCUT2D eigenvalue weighted by atomic mass is 32.1. The molecule has 2 heterocycles. The van der Waals surface area contributed by atoms with Crippen LogP contribution in [0, 0.1) is 0 Å². The molecule has 1 saturated carbocycles. The summed E-state index contributed by atoms with van der Waals surface area (Å²) in [6.07, 6.45) is 1.71. The molecule has 1 amide bonds. The van der Waals surface area contributed by atoms with Crippen molar-refractivity contribution in [2.24, 2.45) is 0 Å². The minimum absolute atomic E-state index is 0.00457. The van der Waals surface area contributed by atoms with E-state index in [0.717, 1.165) is 22.4 Å². The fraction of sp³-hybridized carbons (Fsp3) is 0.588. The van der Waals surface area contributed by atoms with Gasteiger partial charge in [0.25, 0.3) is 5.56 Å². The van der Waals surface area contributed by atoms with E-state index in [1.807, 2.05) is 19.9 Å². The Balaban J connectivity index is 1.91. The van der Waals surface area contributed by atoms with Crippen LogP contribution >= 0.6 is 11.3 Å². The summed E-state index contributed by atoms with van der Waals surface area (Å²) >= 11 is 1.49. The molecule has 0 saturated heterocycles. The summed E-state index contributed by atoms with van der Waals surface area (Å²) in [7, 11) is 0. The Morgan fingerprint density at radius 1 is 1.50 bits per heavy atom. The zero-order valence-corrected chi connectivity index (χ0v) is 15.0. The van der Waals surface area contributed by atoms with Gasteiger partial charge in [-0.3, -0.25) is 9.59 Å².